The van der Waals surface area contributed by atoms with Crippen molar-refractivity contribution in [3.63, 3.8) is 0 Å². The quantitative estimate of drug-likeness (QED) is 0.663. The van der Waals surface area contributed by atoms with E-state index < -0.39 is 0 Å². The van der Waals surface area contributed by atoms with Crippen molar-refractivity contribution in [2.75, 3.05) is 26.0 Å². The number of rotatable bonds is 6. The molecule has 0 radical (unpaired) electrons. The lowest BCUT2D eigenvalue weighted by atomic mass is 9.86. The van der Waals surface area contributed by atoms with Gasteiger partial charge in [0, 0.05) is 18.9 Å². The lowest BCUT2D eigenvalue weighted by molar-refractivity contribution is 0.310. The van der Waals surface area contributed by atoms with Crippen LogP contribution in [0, 0.1) is 11.3 Å². The Balaban J connectivity index is 1.79. The summed E-state index contributed by atoms with van der Waals surface area (Å²) < 4.78 is 5.82. The number of nitriles is 1. The summed E-state index contributed by atoms with van der Waals surface area (Å²) in [5.41, 5.74) is 3.59. The highest BCUT2D eigenvalue weighted by Gasteiger charge is 2.20. The summed E-state index contributed by atoms with van der Waals surface area (Å²) in [7, 11) is 4.08. The first-order valence-electron chi connectivity index (χ1n) is 9.61. The van der Waals surface area contributed by atoms with Crippen LogP contribution in [0.15, 0.2) is 53.2 Å². The number of benzene rings is 1. The monoisotopic (exact) mass is 389 g/mol. The first-order valence-corrected chi connectivity index (χ1v) is 9.61. The molecule has 0 amide bonds. The Morgan fingerprint density at radius 3 is 2.45 bits per heavy atom. The average Bonchev–Trinajstić information content (AvgIpc) is 3.11. The fraction of sp³-hybridized carbons (Fsp3) is 0.348. The molecule has 150 valence electrons. The van der Waals surface area contributed by atoms with Gasteiger partial charge in [-0.25, -0.2) is 0 Å². The molecule has 0 aliphatic heterocycles. The van der Waals surface area contributed by atoms with Gasteiger partial charge in [-0.1, -0.05) is 45.0 Å². The minimum absolute atomic E-state index is 0.113. The fourth-order valence-corrected chi connectivity index (χ4v) is 3.12. The van der Waals surface area contributed by atoms with Gasteiger partial charge < -0.3 is 14.6 Å². The van der Waals surface area contributed by atoms with Gasteiger partial charge >= 0.3 is 0 Å². The second-order valence-corrected chi connectivity index (χ2v) is 8.28. The van der Waals surface area contributed by atoms with E-state index in [0.717, 1.165) is 5.56 Å². The number of nitrogens with zero attached hydrogens (tertiary/aromatic N) is 4. The van der Waals surface area contributed by atoms with Crippen molar-refractivity contribution in [2.45, 2.75) is 32.2 Å². The van der Waals surface area contributed by atoms with E-state index in [0.29, 0.717) is 18.3 Å². The number of hydrogen-bond donors (Lipinski definition) is 1. The minimum atomic E-state index is 0.113. The second-order valence-electron chi connectivity index (χ2n) is 8.28. The van der Waals surface area contributed by atoms with Crippen molar-refractivity contribution in [1.29, 1.82) is 5.26 Å². The number of hydrogen-bond acceptors (Lipinski definition) is 6. The van der Waals surface area contributed by atoms with Crippen LogP contribution in [0.4, 0.5) is 5.88 Å². The largest absolute Gasteiger partial charge is 0.419 e. The van der Waals surface area contributed by atoms with Crippen LogP contribution in [-0.2, 0) is 5.41 Å². The summed E-state index contributed by atoms with van der Waals surface area (Å²) in [5.74, 6) is 0.762. The first kappa shape index (κ1) is 20.6. The predicted octanol–water partition coefficient (Wildman–Crippen LogP) is 4.62. The van der Waals surface area contributed by atoms with Gasteiger partial charge in [0.25, 0.3) is 0 Å². The smallest absolute Gasteiger partial charge is 0.232 e. The van der Waals surface area contributed by atoms with Crippen molar-refractivity contribution in [3.05, 3.63) is 65.6 Å². The highest BCUT2D eigenvalue weighted by atomic mass is 16.4. The van der Waals surface area contributed by atoms with Gasteiger partial charge in [-0.05, 0) is 42.8 Å². The van der Waals surface area contributed by atoms with Crippen molar-refractivity contribution >= 4 is 5.88 Å². The molecule has 3 rings (SSSR count). The molecule has 0 bridgehead atoms. The molecule has 2 heterocycles. The molecular weight excluding hydrogens is 362 g/mol. The summed E-state index contributed by atoms with van der Waals surface area (Å²) in [5, 5.41) is 12.7. The number of oxazole rings is 1. The van der Waals surface area contributed by atoms with E-state index in [-0.39, 0.29) is 17.2 Å². The molecule has 0 aliphatic rings. The maximum atomic E-state index is 9.44. The van der Waals surface area contributed by atoms with Crippen LogP contribution in [0.5, 0.6) is 0 Å². The Morgan fingerprint density at radius 1 is 1.17 bits per heavy atom. The third kappa shape index (κ3) is 4.82. The molecule has 1 aromatic carbocycles. The van der Waals surface area contributed by atoms with Gasteiger partial charge in [-0.2, -0.15) is 10.2 Å². The SMILES string of the molecule is CN(C)[C@@H](CNc1oc(-c2cccnc2)nc1C#N)c1ccc(C(C)(C)C)cc1. The number of aromatic nitrogens is 2. The zero-order chi connectivity index (χ0) is 21.0. The Labute approximate surface area is 172 Å². The van der Waals surface area contributed by atoms with Gasteiger partial charge in [0.2, 0.25) is 17.5 Å². The second kappa shape index (κ2) is 8.46. The Hall–Kier alpha value is -3.17. The van der Waals surface area contributed by atoms with Crippen LogP contribution >= 0.6 is 0 Å². The lowest BCUT2D eigenvalue weighted by Gasteiger charge is -2.26. The van der Waals surface area contributed by atoms with E-state index in [1.807, 2.05) is 26.2 Å². The zero-order valence-corrected chi connectivity index (χ0v) is 17.6. The van der Waals surface area contributed by atoms with E-state index in [1.54, 1.807) is 12.4 Å². The minimum Gasteiger partial charge on any atom is -0.419 e. The molecule has 0 saturated heterocycles. The fourth-order valence-electron chi connectivity index (χ4n) is 3.12. The average molecular weight is 390 g/mol. The van der Waals surface area contributed by atoms with Crippen LogP contribution in [0.3, 0.4) is 0 Å². The van der Waals surface area contributed by atoms with Gasteiger partial charge in [0.05, 0.1) is 11.6 Å². The number of nitrogens with one attached hydrogen (secondary N) is 1. The number of pyridine rings is 1. The van der Waals surface area contributed by atoms with Crippen LogP contribution < -0.4 is 5.32 Å². The van der Waals surface area contributed by atoms with Crippen molar-refractivity contribution < 1.29 is 4.42 Å². The Morgan fingerprint density at radius 2 is 1.90 bits per heavy atom. The van der Waals surface area contributed by atoms with Crippen LogP contribution in [0.25, 0.3) is 11.5 Å². The highest BCUT2D eigenvalue weighted by molar-refractivity contribution is 5.57. The molecule has 3 aromatic rings. The molecule has 6 nitrogen and oxygen atoms in total. The zero-order valence-electron chi connectivity index (χ0n) is 17.6. The molecular formula is C23H27N5O. The van der Waals surface area contributed by atoms with Gasteiger partial charge in [-0.15, -0.1) is 0 Å². The van der Waals surface area contributed by atoms with E-state index in [4.69, 9.17) is 4.42 Å². The molecule has 6 heteroatoms. The number of likely N-dealkylation sites (N-methyl/N-ethyl adjacent to an activating group) is 1. The summed E-state index contributed by atoms with van der Waals surface area (Å²) in [6, 6.07) is 14.6. The summed E-state index contributed by atoms with van der Waals surface area (Å²) in [4.78, 5) is 10.5. The molecule has 29 heavy (non-hydrogen) atoms. The van der Waals surface area contributed by atoms with Gasteiger partial charge in [0.1, 0.15) is 6.07 Å². The molecule has 0 fully saturated rings. The topological polar surface area (TPSA) is 78.0 Å². The standard InChI is InChI=1S/C23H27N5O/c1-23(2,3)18-10-8-16(9-11-18)20(28(4)5)15-26-22-19(13-24)27-21(29-22)17-7-6-12-25-14-17/h6-12,14,20,26H,15H2,1-5H3/t20-/m0/s1. The highest BCUT2D eigenvalue weighted by Crippen LogP contribution is 2.28. The molecule has 0 unspecified atom stereocenters. The third-order valence-corrected chi connectivity index (χ3v) is 4.88. The predicted molar refractivity (Wildman–Crippen MR) is 115 cm³/mol. The number of anilines is 1. The summed E-state index contributed by atoms with van der Waals surface area (Å²) in [6.07, 6.45) is 3.35. The molecule has 1 atom stereocenters. The first-order chi connectivity index (χ1) is 13.8. The lowest BCUT2D eigenvalue weighted by Crippen LogP contribution is -2.27. The van der Waals surface area contributed by atoms with Crippen LogP contribution in [0.2, 0.25) is 0 Å². The van der Waals surface area contributed by atoms with Crippen LogP contribution in [0.1, 0.15) is 43.6 Å². The maximum Gasteiger partial charge on any atom is 0.232 e. The molecule has 0 aliphatic carbocycles. The summed E-state index contributed by atoms with van der Waals surface area (Å²) >= 11 is 0. The normalized spacial score (nSPS) is 12.6. The molecule has 0 spiro atoms. The molecule has 1 N–H and O–H groups in total. The maximum absolute atomic E-state index is 9.44. The summed E-state index contributed by atoms with van der Waals surface area (Å²) in [6.45, 7) is 7.21. The van der Waals surface area contributed by atoms with E-state index in [9.17, 15) is 5.26 Å². The Bertz CT molecular complexity index is 979. The van der Waals surface area contributed by atoms with E-state index in [2.05, 4.69) is 71.3 Å². The van der Waals surface area contributed by atoms with E-state index in [1.165, 1.54) is 11.1 Å². The third-order valence-electron chi connectivity index (χ3n) is 4.88. The molecule has 0 saturated carbocycles. The molecule has 2 aromatic heterocycles. The van der Waals surface area contributed by atoms with Crippen molar-refractivity contribution in [1.82, 2.24) is 14.9 Å². The van der Waals surface area contributed by atoms with Crippen molar-refractivity contribution in [3.8, 4) is 17.5 Å². The van der Waals surface area contributed by atoms with E-state index >= 15 is 0 Å². The Kier molecular flexibility index (Phi) is 6.00. The van der Waals surface area contributed by atoms with Crippen LogP contribution in [-0.4, -0.2) is 35.5 Å². The van der Waals surface area contributed by atoms with Gasteiger partial charge in [-0.3, -0.25) is 4.98 Å². The van der Waals surface area contributed by atoms with Crippen molar-refractivity contribution in [2.24, 2.45) is 0 Å². The van der Waals surface area contributed by atoms with Gasteiger partial charge in [0.15, 0.2) is 0 Å².